The Labute approximate surface area is 130 Å². The fourth-order valence-electron chi connectivity index (χ4n) is 2.32. The molecule has 1 unspecified atom stereocenters. The maximum absolute atomic E-state index is 10.6. The molecule has 0 amide bonds. The SMILES string of the molecule is CCOc1ccc(C(O)c2sc(C)cc2C)cc1OCC. The standard InChI is InChI=1S/C17H22O3S/c1-5-19-14-8-7-13(10-15(14)20-6-2)16(18)17-11(3)9-12(4)21-17/h7-10,16,18H,5-6H2,1-4H3. The fourth-order valence-corrected chi connectivity index (χ4v) is 3.37. The van der Waals surface area contributed by atoms with Crippen LogP contribution in [0.15, 0.2) is 24.3 Å². The summed E-state index contributed by atoms with van der Waals surface area (Å²) in [6, 6.07) is 7.73. The molecule has 1 aromatic carbocycles. The van der Waals surface area contributed by atoms with Crippen molar-refractivity contribution in [2.24, 2.45) is 0 Å². The second kappa shape index (κ2) is 6.96. The van der Waals surface area contributed by atoms with Crippen LogP contribution in [0.1, 0.15) is 40.8 Å². The predicted octanol–water partition coefficient (Wildman–Crippen LogP) is 4.24. The molecule has 0 bridgehead atoms. The summed E-state index contributed by atoms with van der Waals surface area (Å²) in [5.74, 6) is 1.40. The summed E-state index contributed by atoms with van der Waals surface area (Å²) in [5, 5.41) is 10.6. The summed E-state index contributed by atoms with van der Waals surface area (Å²) in [7, 11) is 0. The van der Waals surface area contributed by atoms with Gasteiger partial charge < -0.3 is 14.6 Å². The molecule has 0 saturated carbocycles. The smallest absolute Gasteiger partial charge is 0.161 e. The molecule has 0 aliphatic rings. The lowest BCUT2D eigenvalue weighted by atomic mass is 10.0. The number of benzene rings is 1. The van der Waals surface area contributed by atoms with Gasteiger partial charge in [0.15, 0.2) is 11.5 Å². The Morgan fingerprint density at radius 3 is 2.29 bits per heavy atom. The van der Waals surface area contributed by atoms with E-state index in [2.05, 4.69) is 13.0 Å². The van der Waals surface area contributed by atoms with Crippen LogP contribution in [0.3, 0.4) is 0 Å². The van der Waals surface area contributed by atoms with Gasteiger partial charge in [-0.3, -0.25) is 0 Å². The zero-order valence-corrected chi connectivity index (χ0v) is 13.8. The highest BCUT2D eigenvalue weighted by Crippen LogP contribution is 2.36. The third kappa shape index (κ3) is 3.57. The molecule has 0 fully saturated rings. The average Bonchev–Trinajstić information content (AvgIpc) is 2.79. The Morgan fingerprint density at radius 1 is 1.05 bits per heavy atom. The molecule has 1 aromatic heterocycles. The molecule has 2 aromatic rings. The molecule has 0 aliphatic carbocycles. The zero-order valence-electron chi connectivity index (χ0n) is 13.0. The third-order valence-electron chi connectivity index (χ3n) is 3.21. The second-order valence-electron chi connectivity index (χ2n) is 4.88. The van der Waals surface area contributed by atoms with Gasteiger partial charge in [0.05, 0.1) is 13.2 Å². The van der Waals surface area contributed by atoms with Crippen molar-refractivity contribution < 1.29 is 14.6 Å². The molecule has 0 saturated heterocycles. The number of rotatable bonds is 6. The van der Waals surface area contributed by atoms with Gasteiger partial charge in [-0.25, -0.2) is 0 Å². The van der Waals surface area contributed by atoms with E-state index in [9.17, 15) is 5.11 Å². The third-order valence-corrected chi connectivity index (χ3v) is 4.42. The van der Waals surface area contributed by atoms with Crippen LogP contribution in [0, 0.1) is 13.8 Å². The van der Waals surface area contributed by atoms with Crippen molar-refractivity contribution in [3.05, 3.63) is 45.1 Å². The maximum atomic E-state index is 10.6. The van der Waals surface area contributed by atoms with Crippen LogP contribution in [-0.4, -0.2) is 18.3 Å². The Kier molecular flexibility index (Phi) is 5.26. The Bertz CT molecular complexity index is 604. The van der Waals surface area contributed by atoms with Gasteiger partial charge in [0.1, 0.15) is 6.10 Å². The van der Waals surface area contributed by atoms with Gasteiger partial charge in [-0.1, -0.05) is 6.07 Å². The van der Waals surface area contributed by atoms with Crippen molar-refractivity contribution >= 4 is 11.3 Å². The molecule has 2 rings (SSSR count). The quantitative estimate of drug-likeness (QED) is 0.867. The minimum absolute atomic E-state index is 0.566. The normalized spacial score (nSPS) is 12.2. The fraction of sp³-hybridized carbons (Fsp3) is 0.412. The van der Waals surface area contributed by atoms with Crippen LogP contribution in [0.4, 0.5) is 0 Å². The first-order chi connectivity index (χ1) is 10.1. The summed E-state index contributed by atoms with van der Waals surface area (Å²) in [4.78, 5) is 2.19. The first-order valence-corrected chi connectivity index (χ1v) is 8.03. The Morgan fingerprint density at radius 2 is 1.71 bits per heavy atom. The summed E-state index contributed by atoms with van der Waals surface area (Å²) in [6.45, 7) is 9.11. The van der Waals surface area contributed by atoms with Crippen molar-refractivity contribution in [3.63, 3.8) is 0 Å². The van der Waals surface area contributed by atoms with Gasteiger partial charge in [0, 0.05) is 9.75 Å². The van der Waals surface area contributed by atoms with Crippen LogP contribution in [0.25, 0.3) is 0 Å². The number of hydrogen-bond donors (Lipinski definition) is 1. The van der Waals surface area contributed by atoms with Crippen LogP contribution in [0.2, 0.25) is 0 Å². The number of aliphatic hydroxyl groups excluding tert-OH is 1. The van der Waals surface area contributed by atoms with Crippen LogP contribution < -0.4 is 9.47 Å². The van der Waals surface area contributed by atoms with E-state index < -0.39 is 6.10 Å². The first-order valence-electron chi connectivity index (χ1n) is 7.21. The Balaban J connectivity index is 2.35. The molecule has 1 atom stereocenters. The van der Waals surface area contributed by atoms with Gasteiger partial charge in [-0.2, -0.15) is 0 Å². The first kappa shape index (κ1) is 15.9. The van der Waals surface area contributed by atoms with Crippen molar-refractivity contribution in [2.45, 2.75) is 33.8 Å². The molecule has 1 heterocycles. The van der Waals surface area contributed by atoms with E-state index in [1.165, 1.54) is 4.88 Å². The van der Waals surface area contributed by atoms with Crippen molar-refractivity contribution in [2.75, 3.05) is 13.2 Å². The Hall–Kier alpha value is -1.52. The van der Waals surface area contributed by atoms with Gasteiger partial charge in [0.25, 0.3) is 0 Å². The van der Waals surface area contributed by atoms with Gasteiger partial charge in [0.2, 0.25) is 0 Å². The molecule has 1 N–H and O–H groups in total. The van der Waals surface area contributed by atoms with E-state index in [0.29, 0.717) is 19.0 Å². The average molecular weight is 306 g/mol. The van der Waals surface area contributed by atoms with Gasteiger partial charge >= 0.3 is 0 Å². The summed E-state index contributed by atoms with van der Waals surface area (Å²) in [6.07, 6.45) is -0.626. The second-order valence-corrected chi connectivity index (χ2v) is 6.17. The molecule has 0 radical (unpaired) electrons. The number of aliphatic hydroxyl groups is 1. The van der Waals surface area contributed by atoms with Crippen LogP contribution >= 0.6 is 11.3 Å². The molecule has 0 aliphatic heterocycles. The molecule has 4 heteroatoms. The number of ether oxygens (including phenoxy) is 2. The van der Waals surface area contributed by atoms with Crippen molar-refractivity contribution in [1.82, 2.24) is 0 Å². The lowest BCUT2D eigenvalue weighted by molar-refractivity contribution is 0.222. The molecule has 3 nitrogen and oxygen atoms in total. The van der Waals surface area contributed by atoms with Gasteiger partial charge in [-0.05, 0) is 57.0 Å². The highest BCUT2D eigenvalue weighted by atomic mass is 32.1. The minimum atomic E-state index is -0.626. The predicted molar refractivity (Wildman–Crippen MR) is 86.6 cm³/mol. The summed E-state index contributed by atoms with van der Waals surface area (Å²) >= 11 is 1.63. The minimum Gasteiger partial charge on any atom is -0.490 e. The summed E-state index contributed by atoms with van der Waals surface area (Å²) < 4.78 is 11.2. The molecular formula is C17H22O3S. The van der Waals surface area contributed by atoms with E-state index >= 15 is 0 Å². The molecular weight excluding hydrogens is 284 g/mol. The van der Waals surface area contributed by atoms with E-state index in [4.69, 9.17) is 9.47 Å². The highest BCUT2D eigenvalue weighted by molar-refractivity contribution is 7.12. The summed E-state index contributed by atoms with van der Waals surface area (Å²) in [5.41, 5.74) is 1.95. The molecule has 114 valence electrons. The van der Waals surface area contributed by atoms with Gasteiger partial charge in [-0.15, -0.1) is 11.3 Å². The highest BCUT2D eigenvalue weighted by Gasteiger charge is 2.17. The van der Waals surface area contributed by atoms with E-state index in [0.717, 1.165) is 21.8 Å². The topological polar surface area (TPSA) is 38.7 Å². The number of aryl methyl sites for hydroxylation is 2. The monoisotopic (exact) mass is 306 g/mol. The lowest BCUT2D eigenvalue weighted by Gasteiger charge is -2.15. The maximum Gasteiger partial charge on any atom is 0.161 e. The number of hydrogen-bond acceptors (Lipinski definition) is 4. The lowest BCUT2D eigenvalue weighted by Crippen LogP contribution is -2.03. The molecule has 21 heavy (non-hydrogen) atoms. The zero-order chi connectivity index (χ0) is 15.4. The molecule has 0 spiro atoms. The van der Waals surface area contributed by atoms with Crippen LogP contribution in [0.5, 0.6) is 11.5 Å². The van der Waals surface area contributed by atoms with Crippen molar-refractivity contribution in [3.8, 4) is 11.5 Å². The van der Waals surface area contributed by atoms with E-state index in [-0.39, 0.29) is 0 Å². The van der Waals surface area contributed by atoms with E-state index in [1.807, 2.05) is 39.0 Å². The number of thiophene rings is 1. The van der Waals surface area contributed by atoms with Crippen LogP contribution in [-0.2, 0) is 0 Å². The largest absolute Gasteiger partial charge is 0.490 e. The van der Waals surface area contributed by atoms with Crippen molar-refractivity contribution in [1.29, 1.82) is 0 Å². The van der Waals surface area contributed by atoms with E-state index in [1.54, 1.807) is 11.3 Å².